The molecule has 2 N–H and O–H groups in total. The Hall–Kier alpha value is -1.22. The molecule has 0 aromatic heterocycles. The Kier molecular flexibility index (Phi) is 10.8. The van der Waals surface area contributed by atoms with E-state index in [1.165, 1.54) is 11.1 Å². The SMILES string of the molecule is C[C@]12CC[C@@H]3c4ccc(O)cc4C[C@@H](CCCCCCCCC[S@](=O)CCCC(F)(F)C(F)(F)F)[C@H]3[C@H]1CC[C@@H]2O. The third kappa shape index (κ3) is 7.66. The number of fused-ring (bicyclic) bond motifs is 5. The molecule has 0 aliphatic heterocycles. The summed E-state index contributed by atoms with van der Waals surface area (Å²) in [5.41, 5.74) is 2.73. The number of benzene rings is 1. The van der Waals surface area contributed by atoms with E-state index in [4.69, 9.17) is 0 Å². The Balaban J connectivity index is 1.15. The monoisotopic (exact) mass is 606 g/mol. The van der Waals surface area contributed by atoms with Gasteiger partial charge >= 0.3 is 12.1 Å². The van der Waals surface area contributed by atoms with Gasteiger partial charge in [-0.2, -0.15) is 22.0 Å². The molecule has 3 nitrogen and oxygen atoms in total. The molecule has 0 saturated heterocycles. The largest absolute Gasteiger partial charge is 0.508 e. The van der Waals surface area contributed by atoms with E-state index in [9.17, 15) is 36.4 Å². The van der Waals surface area contributed by atoms with Gasteiger partial charge in [0.2, 0.25) is 0 Å². The van der Waals surface area contributed by atoms with Crippen LogP contribution in [0.5, 0.6) is 5.75 Å². The fourth-order valence-corrected chi connectivity index (χ4v) is 9.48. The van der Waals surface area contributed by atoms with E-state index >= 15 is 0 Å². The first kappa shape index (κ1) is 32.7. The first-order valence-corrected chi connectivity index (χ1v) is 17.1. The predicted molar refractivity (Wildman–Crippen MR) is 153 cm³/mol. The predicted octanol–water partition coefficient (Wildman–Crippen LogP) is 8.68. The summed E-state index contributed by atoms with van der Waals surface area (Å²) in [7, 11) is -1.35. The molecule has 2 fully saturated rings. The maximum absolute atomic E-state index is 13.0. The number of aromatic hydroxyl groups is 1. The van der Waals surface area contributed by atoms with Crippen LogP contribution in [0.4, 0.5) is 22.0 Å². The van der Waals surface area contributed by atoms with Gasteiger partial charge in [0.1, 0.15) is 5.75 Å². The van der Waals surface area contributed by atoms with Crippen LogP contribution in [-0.4, -0.2) is 44.1 Å². The lowest BCUT2D eigenvalue weighted by Crippen LogP contribution is -2.47. The van der Waals surface area contributed by atoms with Crippen LogP contribution >= 0.6 is 0 Å². The van der Waals surface area contributed by atoms with Gasteiger partial charge in [0.15, 0.2) is 0 Å². The van der Waals surface area contributed by atoms with Crippen molar-refractivity contribution < 1.29 is 36.4 Å². The standard InChI is InChI=1S/C32H47F5O3S/c1-30-17-15-26-25-12-11-24(38)21-23(25)20-22(29(26)27(30)13-14-28(30)39)10-7-5-3-2-4-6-8-18-41(40)19-9-16-31(33,34)32(35,36)37/h11-12,21-22,26-29,38-39H,2-10,13-20H2,1H3/t22-,26-,27-,28+,29-,30+,41+/m1/s1. The van der Waals surface area contributed by atoms with Crippen molar-refractivity contribution in [3.63, 3.8) is 0 Å². The van der Waals surface area contributed by atoms with Crippen molar-refractivity contribution in [1.29, 1.82) is 0 Å². The molecule has 3 aliphatic rings. The summed E-state index contributed by atoms with van der Waals surface area (Å²) in [6, 6.07) is 5.92. The summed E-state index contributed by atoms with van der Waals surface area (Å²) < 4.78 is 74.5. The van der Waals surface area contributed by atoms with E-state index < -0.39 is 35.7 Å². The minimum Gasteiger partial charge on any atom is -0.508 e. The second kappa shape index (κ2) is 13.6. The molecule has 0 radical (unpaired) electrons. The zero-order valence-corrected chi connectivity index (χ0v) is 25.1. The number of unbranched alkanes of at least 4 members (excludes halogenated alkanes) is 6. The molecule has 0 heterocycles. The molecule has 41 heavy (non-hydrogen) atoms. The van der Waals surface area contributed by atoms with Crippen molar-refractivity contribution >= 4 is 10.8 Å². The highest BCUT2D eigenvalue weighted by atomic mass is 32.2. The first-order chi connectivity index (χ1) is 19.3. The summed E-state index contributed by atoms with van der Waals surface area (Å²) in [4.78, 5) is 0. The van der Waals surface area contributed by atoms with Crippen LogP contribution in [0, 0.1) is 23.2 Å². The average molecular weight is 607 g/mol. The van der Waals surface area contributed by atoms with Gasteiger partial charge in [-0.1, -0.05) is 51.5 Å². The van der Waals surface area contributed by atoms with Gasteiger partial charge in [-0.05, 0) is 104 Å². The van der Waals surface area contributed by atoms with Crippen LogP contribution in [0.1, 0.15) is 114 Å². The van der Waals surface area contributed by atoms with Gasteiger partial charge in [-0.3, -0.25) is 4.21 Å². The molecule has 0 unspecified atom stereocenters. The molecule has 234 valence electrons. The van der Waals surface area contributed by atoms with Gasteiger partial charge in [-0.25, -0.2) is 0 Å². The highest BCUT2D eigenvalue weighted by molar-refractivity contribution is 7.84. The molecule has 9 heteroatoms. The van der Waals surface area contributed by atoms with E-state index in [1.54, 1.807) is 0 Å². The maximum atomic E-state index is 13.0. The summed E-state index contributed by atoms with van der Waals surface area (Å²) in [5.74, 6) is -1.91. The summed E-state index contributed by atoms with van der Waals surface area (Å²) in [5, 5.41) is 21.0. The van der Waals surface area contributed by atoms with E-state index in [0.717, 1.165) is 77.0 Å². The average Bonchev–Trinajstić information content (AvgIpc) is 3.20. The Morgan fingerprint density at radius 1 is 0.927 bits per heavy atom. The van der Waals surface area contributed by atoms with Crippen molar-refractivity contribution in [2.24, 2.45) is 23.2 Å². The molecule has 2 saturated carbocycles. The normalized spacial score (nSPS) is 30.5. The van der Waals surface area contributed by atoms with Crippen LogP contribution in [-0.2, 0) is 17.2 Å². The van der Waals surface area contributed by atoms with Crippen molar-refractivity contribution in [3.8, 4) is 5.75 Å². The number of hydrogen-bond donors (Lipinski definition) is 2. The maximum Gasteiger partial charge on any atom is 0.453 e. The van der Waals surface area contributed by atoms with Gasteiger partial charge < -0.3 is 10.2 Å². The number of phenols is 1. The number of aliphatic hydroxyl groups is 1. The number of rotatable bonds is 14. The van der Waals surface area contributed by atoms with Crippen LogP contribution in [0.15, 0.2) is 18.2 Å². The fraction of sp³-hybridized carbons (Fsp3) is 0.812. The van der Waals surface area contributed by atoms with Gasteiger partial charge in [0.25, 0.3) is 0 Å². The lowest BCUT2D eigenvalue weighted by Gasteiger charge is -2.53. The molecular formula is C32H47F5O3S. The number of aliphatic hydroxyl groups excluding tert-OH is 1. The van der Waals surface area contributed by atoms with Crippen LogP contribution in [0.3, 0.4) is 0 Å². The highest BCUT2D eigenvalue weighted by Gasteiger charge is 2.57. The van der Waals surface area contributed by atoms with Crippen LogP contribution < -0.4 is 0 Å². The Bertz CT molecular complexity index is 1030. The van der Waals surface area contributed by atoms with Gasteiger partial charge in [-0.15, -0.1) is 0 Å². The van der Waals surface area contributed by atoms with Gasteiger partial charge in [0.05, 0.1) is 6.10 Å². The molecule has 0 bridgehead atoms. The fourth-order valence-electron chi connectivity index (χ4n) is 8.28. The molecule has 7 atom stereocenters. The quantitative estimate of drug-likeness (QED) is 0.165. The second-order valence-electron chi connectivity index (χ2n) is 13.2. The number of alkyl halides is 5. The molecule has 1 aromatic rings. The van der Waals surface area contributed by atoms with E-state index in [1.807, 2.05) is 12.1 Å². The van der Waals surface area contributed by atoms with E-state index in [2.05, 4.69) is 13.0 Å². The Morgan fingerprint density at radius 3 is 2.29 bits per heavy atom. The number of hydrogen-bond acceptors (Lipinski definition) is 3. The smallest absolute Gasteiger partial charge is 0.453 e. The first-order valence-electron chi connectivity index (χ1n) is 15.6. The third-order valence-corrected chi connectivity index (χ3v) is 12.0. The minimum absolute atomic E-state index is 0.0195. The zero-order valence-electron chi connectivity index (χ0n) is 24.2. The van der Waals surface area contributed by atoms with Crippen molar-refractivity contribution in [3.05, 3.63) is 29.3 Å². The highest BCUT2D eigenvalue weighted by Crippen LogP contribution is 2.62. The lowest BCUT2D eigenvalue weighted by atomic mass is 9.52. The van der Waals surface area contributed by atoms with Crippen LogP contribution in [0.2, 0.25) is 0 Å². The topological polar surface area (TPSA) is 57.5 Å². The Labute approximate surface area is 244 Å². The molecule has 3 aliphatic carbocycles. The number of phenolic OH excluding ortho intramolecular Hbond substituents is 1. The van der Waals surface area contributed by atoms with Crippen LogP contribution in [0.25, 0.3) is 0 Å². The zero-order chi connectivity index (χ0) is 29.8. The summed E-state index contributed by atoms with van der Waals surface area (Å²) in [6.07, 6.45) is 5.97. The van der Waals surface area contributed by atoms with Crippen molar-refractivity contribution in [2.75, 3.05) is 11.5 Å². The minimum atomic E-state index is -5.54. The van der Waals surface area contributed by atoms with Crippen molar-refractivity contribution in [2.45, 2.75) is 127 Å². The molecule has 4 rings (SSSR count). The molecule has 1 aromatic carbocycles. The number of halogens is 5. The molecule has 0 spiro atoms. The molecule has 0 amide bonds. The van der Waals surface area contributed by atoms with Gasteiger partial charge in [0, 0.05) is 28.7 Å². The third-order valence-electron chi connectivity index (χ3n) is 10.6. The molecular weight excluding hydrogens is 559 g/mol. The summed E-state index contributed by atoms with van der Waals surface area (Å²) >= 11 is 0. The lowest BCUT2D eigenvalue weighted by molar-refractivity contribution is -0.284. The Morgan fingerprint density at radius 2 is 1.59 bits per heavy atom. The van der Waals surface area contributed by atoms with E-state index in [-0.39, 0.29) is 17.3 Å². The van der Waals surface area contributed by atoms with E-state index in [0.29, 0.717) is 41.6 Å². The second-order valence-corrected chi connectivity index (χ2v) is 14.9. The summed E-state index contributed by atoms with van der Waals surface area (Å²) in [6.45, 7) is 2.30. The van der Waals surface area contributed by atoms with Crippen molar-refractivity contribution in [1.82, 2.24) is 0 Å².